The number of carbonyl (C=O) groups is 1. The van der Waals surface area contributed by atoms with Crippen molar-refractivity contribution in [3.63, 3.8) is 0 Å². The molecule has 5 rings (SSSR count). The van der Waals surface area contributed by atoms with Gasteiger partial charge in [0, 0.05) is 22.6 Å². The molecule has 0 bridgehead atoms. The summed E-state index contributed by atoms with van der Waals surface area (Å²) in [5.74, 6) is 1.43. The van der Waals surface area contributed by atoms with E-state index >= 15 is 0 Å². The van der Waals surface area contributed by atoms with Crippen LogP contribution in [0.3, 0.4) is 0 Å². The molecule has 2 heterocycles. The van der Waals surface area contributed by atoms with Crippen LogP contribution in [0.15, 0.2) is 54.6 Å². The zero-order valence-corrected chi connectivity index (χ0v) is 21.2. The van der Waals surface area contributed by atoms with Crippen LogP contribution in [0.1, 0.15) is 23.0 Å². The number of aromatic nitrogens is 3. The average molecular weight is 504 g/mol. The van der Waals surface area contributed by atoms with Gasteiger partial charge >= 0.3 is 5.97 Å². The molecule has 0 aliphatic heterocycles. The van der Waals surface area contributed by atoms with E-state index in [9.17, 15) is 4.79 Å². The zero-order chi connectivity index (χ0) is 25.2. The van der Waals surface area contributed by atoms with Gasteiger partial charge in [0.1, 0.15) is 22.5 Å². The first-order valence-corrected chi connectivity index (χ1v) is 12.1. The van der Waals surface area contributed by atoms with Gasteiger partial charge in [-0.2, -0.15) is 8.75 Å². The fourth-order valence-corrected chi connectivity index (χ4v) is 5.00. The minimum absolute atomic E-state index is 0.246. The molecule has 184 valence electrons. The molecule has 2 aromatic heterocycles. The van der Waals surface area contributed by atoms with E-state index in [0.29, 0.717) is 23.7 Å². The molecule has 0 aliphatic rings. The number of rotatable bonds is 8. The van der Waals surface area contributed by atoms with Gasteiger partial charge in [-0.25, -0.2) is 4.79 Å². The van der Waals surface area contributed by atoms with Crippen LogP contribution in [0.4, 0.5) is 0 Å². The van der Waals surface area contributed by atoms with E-state index in [2.05, 4.69) is 8.75 Å². The highest BCUT2D eigenvalue weighted by atomic mass is 32.1. The van der Waals surface area contributed by atoms with E-state index in [-0.39, 0.29) is 6.61 Å². The molecule has 0 N–H and O–H groups in total. The summed E-state index contributed by atoms with van der Waals surface area (Å²) in [7, 11) is 4.82. The van der Waals surface area contributed by atoms with Crippen molar-refractivity contribution in [2.75, 3.05) is 27.9 Å². The van der Waals surface area contributed by atoms with Crippen molar-refractivity contribution in [3.05, 3.63) is 65.9 Å². The van der Waals surface area contributed by atoms with E-state index in [1.54, 1.807) is 28.3 Å². The summed E-state index contributed by atoms with van der Waals surface area (Å²) in [5.41, 5.74) is 5.27. The molecule has 0 saturated carbocycles. The number of hydrogen-bond acceptors (Lipinski definition) is 8. The number of methoxy groups -OCH3 is 3. The lowest BCUT2D eigenvalue weighted by Gasteiger charge is -2.14. The monoisotopic (exact) mass is 503 g/mol. The summed E-state index contributed by atoms with van der Waals surface area (Å²) < 4.78 is 33.1. The van der Waals surface area contributed by atoms with Crippen molar-refractivity contribution in [3.8, 4) is 28.4 Å². The Morgan fingerprint density at radius 1 is 0.889 bits per heavy atom. The Bertz CT molecular complexity index is 1570. The third kappa shape index (κ3) is 4.01. The topological polar surface area (TPSA) is 84.7 Å². The van der Waals surface area contributed by atoms with Crippen LogP contribution in [-0.4, -0.2) is 47.2 Å². The van der Waals surface area contributed by atoms with Crippen LogP contribution in [0, 0.1) is 0 Å². The zero-order valence-electron chi connectivity index (χ0n) is 20.4. The summed E-state index contributed by atoms with van der Waals surface area (Å²) in [6, 6.07) is 17.3. The Labute approximate surface area is 212 Å². The van der Waals surface area contributed by atoms with Gasteiger partial charge in [0.25, 0.3) is 0 Å². The summed E-state index contributed by atoms with van der Waals surface area (Å²) in [5, 5.41) is 0.827. The molecule has 0 unspecified atom stereocenters. The van der Waals surface area contributed by atoms with E-state index in [1.165, 1.54) is 0 Å². The predicted octanol–water partition coefficient (Wildman–Crippen LogP) is 5.56. The number of ether oxygens (including phenoxy) is 4. The van der Waals surface area contributed by atoms with Gasteiger partial charge in [-0.1, -0.05) is 24.3 Å². The number of para-hydroxylation sites is 1. The average Bonchev–Trinajstić information content (AvgIpc) is 3.50. The maximum atomic E-state index is 13.5. The fourth-order valence-electron chi connectivity index (χ4n) is 4.48. The highest BCUT2D eigenvalue weighted by Crippen LogP contribution is 2.42. The Balaban J connectivity index is 1.87. The SMILES string of the molecule is CCOC(=O)c1c(-c2ccc3nsnc3c2)c2cc(OC)c(OC)cc2n1Cc1ccccc1OC. The van der Waals surface area contributed by atoms with Crippen LogP contribution in [0.25, 0.3) is 33.1 Å². The molecule has 0 radical (unpaired) electrons. The minimum Gasteiger partial charge on any atom is -0.496 e. The summed E-state index contributed by atoms with van der Waals surface area (Å²) in [6.07, 6.45) is 0. The molecule has 0 fully saturated rings. The molecule has 0 spiro atoms. The van der Waals surface area contributed by atoms with Gasteiger partial charge in [-0.05, 0) is 36.8 Å². The fraction of sp³-hybridized carbons (Fsp3) is 0.222. The van der Waals surface area contributed by atoms with E-state index in [0.717, 1.165) is 56.1 Å². The second-order valence-corrected chi connectivity index (χ2v) is 8.56. The van der Waals surface area contributed by atoms with Gasteiger partial charge in [-0.15, -0.1) is 0 Å². The first kappa shape index (κ1) is 23.6. The van der Waals surface area contributed by atoms with Gasteiger partial charge in [0.15, 0.2) is 11.5 Å². The van der Waals surface area contributed by atoms with Crippen molar-refractivity contribution < 1.29 is 23.7 Å². The predicted molar refractivity (Wildman–Crippen MR) is 140 cm³/mol. The number of carbonyl (C=O) groups excluding carboxylic acids is 1. The standard InChI is InChI=1S/C27H25N3O5S/c1-5-35-27(31)26-25(16-10-11-19-20(12-16)29-36-28-19)18-13-23(33-3)24(34-4)14-21(18)30(26)15-17-8-6-7-9-22(17)32-2/h6-14H,5,15H2,1-4H3. The molecule has 8 nitrogen and oxygen atoms in total. The van der Waals surface area contributed by atoms with E-state index in [1.807, 2.05) is 59.2 Å². The molecule has 0 amide bonds. The normalized spacial score (nSPS) is 11.1. The van der Waals surface area contributed by atoms with Crippen molar-refractivity contribution in [1.82, 2.24) is 13.3 Å². The first-order chi connectivity index (χ1) is 17.6. The van der Waals surface area contributed by atoms with E-state index < -0.39 is 5.97 Å². The lowest BCUT2D eigenvalue weighted by molar-refractivity contribution is 0.0516. The van der Waals surface area contributed by atoms with Crippen LogP contribution >= 0.6 is 11.7 Å². The molecule has 0 aliphatic carbocycles. The third-order valence-corrected chi connectivity index (χ3v) is 6.66. The van der Waals surface area contributed by atoms with Gasteiger partial charge < -0.3 is 23.5 Å². The number of fused-ring (bicyclic) bond motifs is 2. The third-order valence-electron chi connectivity index (χ3n) is 6.10. The quantitative estimate of drug-likeness (QED) is 0.256. The largest absolute Gasteiger partial charge is 0.496 e. The van der Waals surface area contributed by atoms with Crippen LogP contribution < -0.4 is 14.2 Å². The van der Waals surface area contributed by atoms with Crippen LogP contribution in [0.5, 0.6) is 17.2 Å². The number of benzene rings is 3. The maximum absolute atomic E-state index is 13.5. The Morgan fingerprint density at radius 2 is 1.61 bits per heavy atom. The number of esters is 1. The molecular weight excluding hydrogens is 478 g/mol. The Kier molecular flexibility index (Phi) is 6.47. The van der Waals surface area contributed by atoms with Gasteiger partial charge in [0.05, 0.1) is 51.7 Å². The maximum Gasteiger partial charge on any atom is 0.355 e. The molecule has 0 saturated heterocycles. The summed E-state index contributed by atoms with van der Waals surface area (Å²) in [4.78, 5) is 13.5. The highest BCUT2D eigenvalue weighted by molar-refractivity contribution is 7.00. The number of hydrogen-bond donors (Lipinski definition) is 0. The molecular formula is C27H25N3O5S. The Morgan fingerprint density at radius 3 is 2.36 bits per heavy atom. The van der Waals surface area contributed by atoms with Gasteiger partial charge in [-0.3, -0.25) is 0 Å². The van der Waals surface area contributed by atoms with Crippen LogP contribution in [0.2, 0.25) is 0 Å². The molecule has 3 aromatic carbocycles. The molecule has 9 heteroatoms. The lowest BCUT2D eigenvalue weighted by atomic mass is 10.0. The number of nitrogens with zero attached hydrogens (tertiary/aromatic N) is 3. The minimum atomic E-state index is -0.423. The van der Waals surface area contributed by atoms with Crippen molar-refractivity contribution in [2.24, 2.45) is 0 Å². The summed E-state index contributed by atoms with van der Waals surface area (Å²) in [6.45, 7) is 2.42. The molecule has 0 atom stereocenters. The van der Waals surface area contributed by atoms with E-state index in [4.69, 9.17) is 18.9 Å². The van der Waals surface area contributed by atoms with Crippen LogP contribution in [-0.2, 0) is 11.3 Å². The van der Waals surface area contributed by atoms with Crippen molar-refractivity contribution >= 4 is 39.6 Å². The highest BCUT2D eigenvalue weighted by Gasteiger charge is 2.27. The smallest absolute Gasteiger partial charge is 0.355 e. The first-order valence-electron chi connectivity index (χ1n) is 11.4. The van der Waals surface area contributed by atoms with Gasteiger partial charge in [0.2, 0.25) is 0 Å². The molecule has 5 aromatic rings. The summed E-state index contributed by atoms with van der Waals surface area (Å²) >= 11 is 1.15. The second-order valence-electron chi connectivity index (χ2n) is 8.03. The second kappa shape index (κ2) is 9.87. The van der Waals surface area contributed by atoms with Crippen molar-refractivity contribution in [2.45, 2.75) is 13.5 Å². The van der Waals surface area contributed by atoms with Crippen molar-refractivity contribution in [1.29, 1.82) is 0 Å². The Hall–Kier alpha value is -4.11. The lowest BCUT2D eigenvalue weighted by Crippen LogP contribution is -2.14. The molecule has 36 heavy (non-hydrogen) atoms.